The third-order valence-electron chi connectivity index (χ3n) is 5.87. The van der Waals surface area contributed by atoms with Gasteiger partial charge < -0.3 is 10.2 Å². The van der Waals surface area contributed by atoms with Gasteiger partial charge in [-0.1, -0.05) is 104 Å². The molecule has 4 nitrogen and oxygen atoms in total. The summed E-state index contributed by atoms with van der Waals surface area (Å²) in [5.41, 5.74) is 2.94. The molecular formula is C29H33ClN2O2. The van der Waals surface area contributed by atoms with Crippen molar-refractivity contribution in [2.75, 3.05) is 6.54 Å². The number of carbonyl (C=O) groups is 2. The van der Waals surface area contributed by atoms with Gasteiger partial charge in [0.2, 0.25) is 11.8 Å². The maximum Gasteiger partial charge on any atom is 0.243 e. The molecule has 0 unspecified atom stereocenters. The Labute approximate surface area is 207 Å². The van der Waals surface area contributed by atoms with Crippen LogP contribution in [0.4, 0.5) is 0 Å². The van der Waals surface area contributed by atoms with E-state index in [1.54, 1.807) is 4.90 Å². The van der Waals surface area contributed by atoms with Gasteiger partial charge in [-0.15, -0.1) is 0 Å². The lowest BCUT2D eigenvalue weighted by molar-refractivity contribution is -0.141. The molecule has 0 saturated heterocycles. The lowest BCUT2D eigenvalue weighted by atomic mass is 10.0. The van der Waals surface area contributed by atoms with E-state index in [0.29, 0.717) is 30.8 Å². The first kappa shape index (κ1) is 25.5. The van der Waals surface area contributed by atoms with E-state index < -0.39 is 6.04 Å². The largest absolute Gasteiger partial charge is 0.354 e. The minimum atomic E-state index is -0.626. The zero-order valence-corrected chi connectivity index (χ0v) is 20.5. The molecule has 0 aromatic heterocycles. The smallest absolute Gasteiger partial charge is 0.243 e. The van der Waals surface area contributed by atoms with Gasteiger partial charge in [-0.3, -0.25) is 9.59 Å². The molecule has 1 N–H and O–H groups in total. The Morgan fingerprint density at radius 3 is 2.15 bits per heavy atom. The van der Waals surface area contributed by atoms with E-state index >= 15 is 0 Å². The van der Waals surface area contributed by atoms with Gasteiger partial charge in [0.25, 0.3) is 0 Å². The third kappa shape index (κ3) is 7.74. The molecule has 2 amide bonds. The van der Waals surface area contributed by atoms with Crippen LogP contribution in [0, 0.1) is 0 Å². The number of halogens is 1. The molecule has 0 aliphatic rings. The van der Waals surface area contributed by atoms with Crippen LogP contribution < -0.4 is 5.32 Å². The summed E-state index contributed by atoms with van der Waals surface area (Å²) in [6.45, 7) is 2.97. The van der Waals surface area contributed by atoms with Gasteiger partial charge in [0.1, 0.15) is 6.04 Å². The predicted octanol–water partition coefficient (Wildman–Crippen LogP) is 5.83. The molecule has 0 bridgehead atoms. The SMILES string of the molecule is CCCCNC(=O)[C@@H](Cc1ccccc1)N(Cc1ccccc1Cl)C(=O)CCc1ccccc1. The maximum absolute atomic E-state index is 13.6. The van der Waals surface area contributed by atoms with Crippen LogP contribution in [0.2, 0.25) is 5.02 Å². The first-order valence-electron chi connectivity index (χ1n) is 12.0. The van der Waals surface area contributed by atoms with Gasteiger partial charge in [-0.05, 0) is 35.6 Å². The van der Waals surface area contributed by atoms with Gasteiger partial charge in [0, 0.05) is 31.0 Å². The second-order valence-corrected chi connectivity index (χ2v) is 8.86. The van der Waals surface area contributed by atoms with Crippen molar-refractivity contribution < 1.29 is 9.59 Å². The van der Waals surface area contributed by atoms with E-state index in [9.17, 15) is 9.59 Å². The van der Waals surface area contributed by atoms with Crippen molar-refractivity contribution in [3.8, 4) is 0 Å². The number of benzene rings is 3. The fourth-order valence-electron chi connectivity index (χ4n) is 3.91. The number of nitrogens with zero attached hydrogens (tertiary/aromatic N) is 1. The molecule has 0 fully saturated rings. The quantitative estimate of drug-likeness (QED) is 0.334. The van der Waals surface area contributed by atoms with Gasteiger partial charge in [-0.25, -0.2) is 0 Å². The Morgan fingerprint density at radius 1 is 0.882 bits per heavy atom. The summed E-state index contributed by atoms with van der Waals surface area (Å²) < 4.78 is 0. The molecule has 0 spiro atoms. The van der Waals surface area contributed by atoms with E-state index in [2.05, 4.69) is 12.2 Å². The summed E-state index contributed by atoms with van der Waals surface area (Å²) in [4.78, 5) is 28.7. The highest BCUT2D eigenvalue weighted by Crippen LogP contribution is 2.21. The highest BCUT2D eigenvalue weighted by atomic mass is 35.5. The minimum absolute atomic E-state index is 0.0599. The topological polar surface area (TPSA) is 49.4 Å². The molecule has 0 saturated carbocycles. The van der Waals surface area contributed by atoms with Crippen molar-refractivity contribution in [1.29, 1.82) is 0 Å². The van der Waals surface area contributed by atoms with Gasteiger partial charge in [0.15, 0.2) is 0 Å². The number of nitrogens with one attached hydrogen (secondary N) is 1. The van der Waals surface area contributed by atoms with Crippen LogP contribution in [0.1, 0.15) is 42.9 Å². The summed E-state index contributed by atoms with van der Waals surface area (Å²) in [7, 11) is 0. The highest BCUT2D eigenvalue weighted by Gasteiger charge is 2.30. The molecule has 0 heterocycles. The maximum atomic E-state index is 13.6. The number of rotatable bonds is 12. The average molecular weight is 477 g/mol. The van der Waals surface area contributed by atoms with Gasteiger partial charge in [-0.2, -0.15) is 0 Å². The van der Waals surface area contributed by atoms with Crippen LogP contribution in [0.3, 0.4) is 0 Å². The number of unbranched alkanes of at least 4 members (excludes halogenated alkanes) is 1. The molecule has 1 atom stereocenters. The van der Waals surface area contributed by atoms with Crippen LogP contribution in [0.25, 0.3) is 0 Å². The van der Waals surface area contributed by atoms with E-state index in [0.717, 1.165) is 29.5 Å². The highest BCUT2D eigenvalue weighted by molar-refractivity contribution is 6.31. The molecule has 0 aliphatic carbocycles. The second-order valence-electron chi connectivity index (χ2n) is 8.45. The fraction of sp³-hybridized carbons (Fsp3) is 0.310. The van der Waals surface area contributed by atoms with Crippen LogP contribution in [-0.2, 0) is 29.0 Å². The first-order chi connectivity index (χ1) is 16.6. The fourth-order valence-corrected chi connectivity index (χ4v) is 4.11. The Kier molecular flexibility index (Phi) is 10.2. The van der Waals surface area contributed by atoms with Crippen LogP contribution in [0.5, 0.6) is 0 Å². The van der Waals surface area contributed by atoms with Crippen molar-refractivity contribution in [1.82, 2.24) is 10.2 Å². The summed E-state index contributed by atoms with van der Waals surface area (Å²) >= 11 is 6.45. The van der Waals surface area contributed by atoms with Crippen molar-refractivity contribution in [2.45, 2.75) is 51.6 Å². The molecule has 3 aromatic rings. The number of hydrogen-bond acceptors (Lipinski definition) is 2. The van der Waals surface area contributed by atoms with Gasteiger partial charge >= 0.3 is 0 Å². The van der Waals surface area contributed by atoms with Crippen LogP contribution in [0.15, 0.2) is 84.9 Å². The van der Waals surface area contributed by atoms with E-state index in [4.69, 9.17) is 11.6 Å². The van der Waals surface area contributed by atoms with Crippen molar-refractivity contribution in [3.05, 3.63) is 107 Å². The molecule has 34 heavy (non-hydrogen) atoms. The van der Waals surface area contributed by atoms with Crippen molar-refractivity contribution in [3.63, 3.8) is 0 Å². The molecule has 3 aromatic carbocycles. The average Bonchev–Trinajstić information content (AvgIpc) is 2.87. The van der Waals surface area contributed by atoms with Gasteiger partial charge in [0.05, 0.1) is 0 Å². The minimum Gasteiger partial charge on any atom is -0.354 e. The Balaban J connectivity index is 1.89. The van der Waals surface area contributed by atoms with Crippen molar-refractivity contribution in [2.24, 2.45) is 0 Å². The van der Waals surface area contributed by atoms with E-state index in [-0.39, 0.29) is 18.4 Å². The monoisotopic (exact) mass is 476 g/mol. The first-order valence-corrected chi connectivity index (χ1v) is 12.3. The zero-order valence-electron chi connectivity index (χ0n) is 19.8. The van der Waals surface area contributed by atoms with E-state index in [1.165, 1.54) is 0 Å². The Morgan fingerprint density at radius 2 is 1.50 bits per heavy atom. The molecule has 0 aliphatic heterocycles. The lowest BCUT2D eigenvalue weighted by Crippen LogP contribution is -2.50. The van der Waals surface area contributed by atoms with Crippen molar-refractivity contribution >= 4 is 23.4 Å². The normalized spacial score (nSPS) is 11.6. The Hall–Kier alpha value is -3.11. The molecule has 3 rings (SSSR count). The molecule has 5 heteroatoms. The lowest BCUT2D eigenvalue weighted by Gasteiger charge is -2.32. The number of amides is 2. The number of carbonyl (C=O) groups excluding carboxylic acids is 2. The second kappa shape index (κ2) is 13.6. The summed E-state index contributed by atoms with van der Waals surface area (Å²) in [5.74, 6) is -0.187. The third-order valence-corrected chi connectivity index (χ3v) is 6.24. The van der Waals surface area contributed by atoms with Crippen LogP contribution in [-0.4, -0.2) is 29.3 Å². The Bertz CT molecular complexity index is 1040. The summed E-state index contributed by atoms with van der Waals surface area (Å²) in [6, 6.07) is 26.7. The summed E-state index contributed by atoms with van der Waals surface area (Å²) in [6.07, 6.45) is 3.27. The standard InChI is InChI=1S/C29H33ClN2O2/c1-2-3-20-31-29(34)27(21-24-14-8-5-9-15-24)32(22-25-16-10-11-17-26(25)30)28(33)19-18-23-12-6-4-7-13-23/h4-17,27H,2-3,18-22H2,1H3,(H,31,34)/t27-/m1/s1. The molecular weight excluding hydrogens is 444 g/mol. The van der Waals surface area contributed by atoms with E-state index in [1.807, 2.05) is 84.9 Å². The number of aryl methyl sites for hydroxylation is 1. The molecule has 178 valence electrons. The molecule has 0 radical (unpaired) electrons. The number of hydrogen-bond donors (Lipinski definition) is 1. The van der Waals surface area contributed by atoms with Crippen LogP contribution >= 0.6 is 11.6 Å². The summed E-state index contributed by atoms with van der Waals surface area (Å²) in [5, 5.41) is 3.64. The predicted molar refractivity (Wildman–Crippen MR) is 139 cm³/mol. The zero-order chi connectivity index (χ0) is 24.2.